The number of pyridine rings is 1. The lowest BCUT2D eigenvalue weighted by atomic mass is 10.3. The molecular formula is C12H16Br2N2O2. The summed E-state index contributed by atoms with van der Waals surface area (Å²) in [6, 6.07) is 1.91. The van der Waals surface area contributed by atoms with Crippen molar-refractivity contribution in [1.29, 1.82) is 0 Å². The molecule has 18 heavy (non-hydrogen) atoms. The minimum absolute atomic E-state index is 0.217. The fraction of sp³-hybridized carbons (Fsp3) is 0.500. The molecule has 6 heteroatoms. The van der Waals surface area contributed by atoms with Gasteiger partial charge in [-0.25, -0.2) is 4.98 Å². The average Bonchev–Trinajstić information content (AvgIpc) is 2.29. The van der Waals surface area contributed by atoms with Crippen LogP contribution in [0.25, 0.3) is 0 Å². The third-order valence-corrected chi connectivity index (χ3v) is 3.22. The molecule has 0 saturated carbocycles. The van der Waals surface area contributed by atoms with Crippen LogP contribution in [0.5, 0.6) is 0 Å². The summed E-state index contributed by atoms with van der Waals surface area (Å²) in [7, 11) is 0. The van der Waals surface area contributed by atoms with Crippen molar-refractivity contribution in [3.8, 4) is 0 Å². The minimum Gasteiger partial charge on any atom is -0.465 e. The monoisotopic (exact) mass is 378 g/mol. The molecule has 0 fully saturated rings. The lowest BCUT2D eigenvalue weighted by molar-refractivity contribution is -0.141. The maximum Gasteiger partial charge on any atom is 0.325 e. The molecule has 0 saturated heterocycles. The molecule has 1 aromatic rings. The number of hydrogen-bond donors (Lipinski definition) is 0. The number of anilines is 1. The van der Waals surface area contributed by atoms with E-state index < -0.39 is 0 Å². The van der Waals surface area contributed by atoms with E-state index in [0.29, 0.717) is 6.61 Å². The summed E-state index contributed by atoms with van der Waals surface area (Å²) in [6.07, 6.45) is 2.65. The first-order chi connectivity index (χ1) is 8.58. The predicted molar refractivity (Wildman–Crippen MR) is 78.8 cm³/mol. The summed E-state index contributed by atoms with van der Waals surface area (Å²) in [5, 5.41) is 0. The first-order valence-corrected chi connectivity index (χ1v) is 7.38. The van der Waals surface area contributed by atoms with Crippen LogP contribution in [0.1, 0.15) is 20.3 Å². The van der Waals surface area contributed by atoms with Crippen LogP contribution in [0.3, 0.4) is 0 Å². The van der Waals surface area contributed by atoms with Gasteiger partial charge in [-0.05, 0) is 51.3 Å². The Morgan fingerprint density at radius 1 is 1.44 bits per heavy atom. The van der Waals surface area contributed by atoms with E-state index >= 15 is 0 Å². The van der Waals surface area contributed by atoms with E-state index in [1.165, 1.54) is 0 Å². The van der Waals surface area contributed by atoms with Crippen molar-refractivity contribution in [1.82, 2.24) is 4.98 Å². The number of carbonyl (C=O) groups is 1. The third kappa shape index (κ3) is 4.57. The van der Waals surface area contributed by atoms with E-state index in [2.05, 4.69) is 43.8 Å². The molecule has 0 aliphatic carbocycles. The van der Waals surface area contributed by atoms with Crippen LogP contribution in [0.15, 0.2) is 21.2 Å². The number of aromatic nitrogens is 1. The van der Waals surface area contributed by atoms with Gasteiger partial charge in [0, 0.05) is 17.2 Å². The molecule has 0 aliphatic heterocycles. The third-order valence-electron chi connectivity index (χ3n) is 2.21. The van der Waals surface area contributed by atoms with Crippen molar-refractivity contribution in [3.63, 3.8) is 0 Å². The van der Waals surface area contributed by atoms with E-state index in [1.54, 1.807) is 13.1 Å². The summed E-state index contributed by atoms with van der Waals surface area (Å²) in [4.78, 5) is 17.8. The van der Waals surface area contributed by atoms with Crippen molar-refractivity contribution in [3.05, 3.63) is 21.2 Å². The molecule has 0 spiro atoms. The summed E-state index contributed by atoms with van der Waals surface area (Å²) in [6.45, 7) is 5.23. The van der Waals surface area contributed by atoms with Crippen molar-refractivity contribution >= 4 is 43.6 Å². The number of ether oxygens (including phenoxy) is 1. The highest BCUT2D eigenvalue weighted by Crippen LogP contribution is 2.26. The van der Waals surface area contributed by atoms with Crippen LogP contribution in [0.2, 0.25) is 0 Å². The number of halogens is 2. The van der Waals surface area contributed by atoms with Crippen LogP contribution in [-0.4, -0.2) is 30.6 Å². The van der Waals surface area contributed by atoms with Crippen LogP contribution in [-0.2, 0) is 9.53 Å². The molecule has 1 rings (SSSR count). The topological polar surface area (TPSA) is 42.4 Å². The molecule has 0 radical (unpaired) electrons. The predicted octanol–water partition coefficient (Wildman–Crippen LogP) is 3.39. The Balaban J connectivity index is 2.86. The van der Waals surface area contributed by atoms with Crippen molar-refractivity contribution in [2.24, 2.45) is 0 Å². The Kier molecular flexibility index (Phi) is 6.63. The van der Waals surface area contributed by atoms with E-state index in [1.807, 2.05) is 11.0 Å². The molecule has 0 atom stereocenters. The van der Waals surface area contributed by atoms with Gasteiger partial charge in [0.1, 0.15) is 12.4 Å². The molecule has 0 aromatic carbocycles. The Bertz CT molecular complexity index is 413. The molecular weight excluding hydrogens is 364 g/mol. The lowest BCUT2D eigenvalue weighted by Crippen LogP contribution is -2.32. The summed E-state index contributed by atoms with van der Waals surface area (Å²) >= 11 is 6.82. The first kappa shape index (κ1) is 15.4. The molecule has 1 aromatic heterocycles. The van der Waals surface area contributed by atoms with Gasteiger partial charge in [0.2, 0.25) is 0 Å². The number of esters is 1. The largest absolute Gasteiger partial charge is 0.465 e. The standard InChI is InChI=1S/C12H16Br2N2O2/c1-3-5-16(8-11(17)18-4-2)12-10(14)6-9(13)7-15-12/h6-7H,3-5,8H2,1-2H3. The maximum atomic E-state index is 11.6. The van der Waals surface area contributed by atoms with E-state index in [-0.39, 0.29) is 12.5 Å². The SMILES string of the molecule is CCCN(CC(=O)OCC)c1ncc(Br)cc1Br. The normalized spacial score (nSPS) is 10.2. The van der Waals surface area contributed by atoms with Crippen molar-refractivity contribution in [2.45, 2.75) is 20.3 Å². The molecule has 0 amide bonds. The van der Waals surface area contributed by atoms with E-state index in [9.17, 15) is 4.79 Å². The van der Waals surface area contributed by atoms with Crippen LogP contribution in [0, 0.1) is 0 Å². The highest BCUT2D eigenvalue weighted by molar-refractivity contribution is 9.11. The molecule has 0 N–H and O–H groups in total. The summed E-state index contributed by atoms with van der Waals surface area (Å²) in [5.41, 5.74) is 0. The number of hydrogen-bond acceptors (Lipinski definition) is 4. The van der Waals surface area contributed by atoms with Gasteiger partial charge in [-0.2, -0.15) is 0 Å². The molecule has 0 unspecified atom stereocenters. The Hall–Kier alpha value is -0.620. The van der Waals surface area contributed by atoms with Crippen LogP contribution >= 0.6 is 31.9 Å². The fourth-order valence-electron chi connectivity index (χ4n) is 1.53. The van der Waals surface area contributed by atoms with Crippen LogP contribution in [0.4, 0.5) is 5.82 Å². The van der Waals surface area contributed by atoms with Gasteiger partial charge >= 0.3 is 5.97 Å². The molecule has 100 valence electrons. The second-order valence-electron chi connectivity index (χ2n) is 3.69. The highest BCUT2D eigenvalue weighted by Gasteiger charge is 2.15. The quantitative estimate of drug-likeness (QED) is 0.710. The average molecular weight is 380 g/mol. The second kappa shape index (κ2) is 7.74. The second-order valence-corrected chi connectivity index (χ2v) is 5.46. The first-order valence-electron chi connectivity index (χ1n) is 5.80. The zero-order valence-electron chi connectivity index (χ0n) is 10.4. The van der Waals surface area contributed by atoms with Crippen molar-refractivity contribution < 1.29 is 9.53 Å². The van der Waals surface area contributed by atoms with Gasteiger partial charge in [0.25, 0.3) is 0 Å². The number of nitrogens with zero attached hydrogens (tertiary/aromatic N) is 2. The number of rotatable bonds is 6. The highest BCUT2D eigenvalue weighted by atomic mass is 79.9. The van der Waals surface area contributed by atoms with Gasteiger partial charge in [0.15, 0.2) is 0 Å². The summed E-state index contributed by atoms with van der Waals surface area (Å²) < 4.78 is 6.72. The summed E-state index contributed by atoms with van der Waals surface area (Å²) in [5.74, 6) is 0.524. The molecule has 1 heterocycles. The van der Waals surface area contributed by atoms with Crippen molar-refractivity contribution in [2.75, 3.05) is 24.6 Å². The smallest absolute Gasteiger partial charge is 0.325 e. The zero-order chi connectivity index (χ0) is 13.5. The van der Waals surface area contributed by atoms with Gasteiger partial charge in [-0.3, -0.25) is 4.79 Å². The van der Waals surface area contributed by atoms with E-state index in [0.717, 1.165) is 27.7 Å². The number of carbonyl (C=O) groups excluding carboxylic acids is 1. The minimum atomic E-state index is -0.234. The van der Waals surface area contributed by atoms with Crippen LogP contribution < -0.4 is 4.90 Å². The van der Waals surface area contributed by atoms with Gasteiger partial charge in [-0.1, -0.05) is 6.92 Å². The fourth-order valence-corrected chi connectivity index (χ4v) is 2.77. The maximum absolute atomic E-state index is 11.6. The van der Waals surface area contributed by atoms with Gasteiger partial charge < -0.3 is 9.64 Å². The Labute approximate surface area is 124 Å². The Morgan fingerprint density at radius 3 is 2.72 bits per heavy atom. The Morgan fingerprint density at radius 2 is 2.17 bits per heavy atom. The molecule has 0 aliphatic rings. The lowest BCUT2D eigenvalue weighted by Gasteiger charge is -2.23. The molecule has 4 nitrogen and oxygen atoms in total. The van der Waals surface area contributed by atoms with Gasteiger partial charge in [-0.15, -0.1) is 0 Å². The van der Waals surface area contributed by atoms with E-state index in [4.69, 9.17) is 4.74 Å². The molecule has 0 bridgehead atoms. The zero-order valence-corrected chi connectivity index (χ0v) is 13.6. The van der Waals surface area contributed by atoms with Gasteiger partial charge in [0.05, 0.1) is 11.1 Å².